The minimum absolute atomic E-state index is 0.0299. The van der Waals surface area contributed by atoms with Gasteiger partial charge >= 0.3 is 0 Å². The van der Waals surface area contributed by atoms with E-state index in [-0.39, 0.29) is 37.4 Å². The maximum Gasteiger partial charge on any atom is 0.0587 e. The van der Waals surface area contributed by atoms with E-state index in [9.17, 15) is 10.2 Å². The second-order valence-corrected chi connectivity index (χ2v) is 9.18. The zero-order chi connectivity index (χ0) is 22.3. The van der Waals surface area contributed by atoms with Crippen molar-refractivity contribution >= 4 is 0 Å². The fourth-order valence-electron chi connectivity index (χ4n) is 3.69. The van der Waals surface area contributed by atoms with Crippen LogP contribution in [0.1, 0.15) is 62.0 Å². The van der Waals surface area contributed by atoms with E-state index in [0.717, 1.165) is 0 Å². The Morgan fingerprint density at radius 2 is 0.900 bits per heavy atom. The molecule has 0 aliphatic heterocycles. The van der Waals surface area contributed by atoms with Gasteiger partial charge in [0.05, 0.1) is 25.3 Å². The van der Waals surface area contributed by atoms with E-state index in [1.807, 2.05) is 0 Å². The van der Waals surface area contributed by atoms with E-state index in [1.54, 1.807) is 0 Å². The van der Waals surface area contributed by atoms with E-state index in [0.29, 0.717) is 11.8 Å². The number of aryl methyl sites for hydroxylation is 2. The number of aliphatic hydroxyl groups is 2. The minimum atomic E-state index is -0.0549. The zero-order valence-electron chi connectivity index (χ0n) is 19.4. The van der Waals surface area contributed by atoms with Gasteiger partial charge in [0, 0.05) is 12.1 Å². The van der Waals surface area contributed by atoms with Crippen molar-refractivity contribution in [1.29, 1.82) is 0 Å². The second-order valence-electron chi connectivity index (χ2n) is 9.18. The monoisotopic (exact) mass is 412 g/mol. The molecule has 0 bridgehead atoms. The van der Waals surface area contributed by atoms with E-state index in [1.165, 1.54) is 22.3 Å². The average molecular weight is 413 g/mol. The van der Waals surface area contributed by atoms with Crippen molar-refractivity contribution in [3.63, 3.8) is 0 Å². The Morgan fingerprint density at radius 1 is 0.600 bits per heavy atom. The molecule has 0 aromatic heterocycles. The molecule has 2 aromatic carbocycles. The number of aliphatic hydroxyl groups excluding tert-OH is 2. The number of nitrogens with one attached hydrogen (secondary N) is 2. The van der Waals surface area contributed by atoms with Gasteiger partial charge < -0.3 is 20.8 Å². The van der Waals surface area contributed by atoms with Crippen LogP contribution in [0.15, 0.2) is 48.5 Å². The first kappa shape index (κ1) is 24.5. The number of benzene rings is 2. The Balaban J connectivity index is 2.53. The lowest BCUT2D eigenvalue weighted by atomic mass is 9.89. The van der Waals surface area contributed by atoms with Gasteiger partial charge in [0.2, 0.25) is 0 Å². The Labute approximate surface area is 182 Å². The van der Waals surface area contributed by atoms with Crippen molar-refractivity contribution < 1.29 is 10.2 Å². The maximum atomic E-state index is 10.0. The first-order chi connectivity index (χ1) is 14.3. The molecule has 0 aliphatic rings. The van der Waals surface area contributed by atoms with Crippen LogP contribution in [-0.2, 0) is 0 Å². The van der Waals surface area contributed by atoms with Crippen LogP contribution in [0.4, 0.5) is 0 Å². The molecule has 0 saturated carbocycles. The molecule has 0 amide bonds. The topological polar surface area (TPSA) is 64.5 Å². The number of rotatable bonds is 11. The summed E-state index contributed by atoms with van der Waals surface area (Å²) in [5, 5.41) is 27.5. The van der Waals surface area contributed by atoms with Crippen LogP contribution in [0.3, 0.4) is 0 Å². The van der Waals surface area contributed by atoms with Crippen LogP contribution in [0, 0.1) is 25.7 Å². The predicted octanol–water partition coefficient (Wildman–Crippen LogP) is 4.30. The highest BCUT2D eigenvalue weighted by molar-refractivity contribution is 5.31. The van der Waals surface area contributed by atoms with Crippen LogP contribution < -0.4 is 10.6 Å². The minimum Gasteiger partial charge on any atom is -0.395 e. The van der Waals surface area contributed by atoms with Crippen molar-refractivity contribution in [3.8, 4) is 0 Å². The highest BCUT2D eigenvalue weighted by Gasteiger charge is 2.30. The number of hydrogen-bond donors (Lipinski definition) is 4. The summed E-state index contributed by atoms with van der Waals surface area (Å²) in [4.78, 5) is 0. The van der Waals surface area contributed by atoms with Gasteiger partial charge in [0.15, 0.2) is 0 Å². The van der Waals surface area contributed by atoms with Crippen molar-refractivity contribution in [2.75, 3.05) is 13.2 Å². The van der Waals surface area contributed by atoms with Gasteiger partial charge in [-0.3, -0.25) is 0 Å². The maximum absolute atomic E-state index is 10.0. The third-order valence-corrected chi connectivity index (χ3v) is 6.00. The molecule has 2 rings (SSSR count). The van der Waals surface area contributed by atoms with Crippen LogP contribution in [-0.4, -0.2) is 35.5 Å². The molecule has 4 atom stereocenters. The third kappa shape index (κ3) is 6.64. The summed E-state index contributed by atoms with van der Waals surface area (Å²) in [7, 11) is 0. The van der Waals surface area contributed by atoms with Gasteiger partial charge in [-0.05, 0) is 36.8 Å². The summed E-state index contributed by atoms with van der Waals surface area (Å²) < 4.78 is 0. The lowest BCUT2D eigenvalue weighted by Gasteiger charge is -2.37. The largest absolute Gasteiger partial charge is 0.395 e. The summed E-state index contributed by atoms with van der Waals surface area (Å²) in [5.74, 6) is 0.584. The van der Waals surface area contributed by atoms with Crippen molar-refractivity contribution in [3.05, 3.63) is 70.8 Å². The van der Waals surface area contributed by atoms with Crippen LogP contribution in [0.25, 0.3) is 0 Å². The Kier molecular flexibility index (Phi) is 9.50. The summed E-state index contributed by atoms with van der Waals surface area (Å²) >= 11 is 0. The molecular weight excluding hydrogens is 372 g/mol. The van der Waals surface area contributed by atoms with Gasteiger partial charge in [-0.2, -0.15) is 0 Å². The molecule has 0 radical (unpaired) electrons. The quantitative estimate of drug-likeness (QED) is 0.444. The molecule has 0 heterocycles. The Hall–Kier alpha value is -1.72. The van der Waals surface area contributed by atoms with Gasteiger partial charge in [-0.25, -0.2) is 0 Å². The van der Waals surface area contributed by atoms with Crippen LogP contribution in [0.2, 0.25) is 0 Å². The molecule has 0 spiro atoms. The predicted molar refractivity (Wildman–Crippen MR) is 126 cm³/mol. The smallest absolute Gasteiger partial charge is 0.0587 e. The molecule has 0 aliphatic carbocycles. The van der Waals surface area contributed by atoms with Gasteiger partial charge in [0.25, 0.3) is 0 Å². The molecule has 0 unspecified atom stereocenters. The van der Waals surface area contributed by atoms with Crippen molar-refractivity contribution in [2.45, 2.75) is 65.7 Å². The van der Waals surface area contributed by atoms with E-state index < -0.39 is 0 Å². The fraction of sp³-hybridized carbons (Fsp3) is 0.538. The fourth-order valence-corrected chi connectivity index (χ4v) is 3.69. The molecule has 30 heavy (non-hydrogen) atoms. The van der Waals surface area contributed by atoms with Crippen LogP contribution >= 0.6 is 0 Å². The first-order valence-electron chi connectivity index (χ1n) is 11.1. The molecule has 4 N–H and O–H groups in total. The van der Waals surface area contributed by atoms with Gasteiger partial charge in [-0.15, -0.1) is 0 Å². The lowest BCUT2D eigenvalue weighted by Crippen LogP contribution is -2.48. The highest BCUT2D eigenvalue weighted by Crippen LogP contribution is 2.32. The molecule has 0 fully saturated rings. The van der Waals surface area contributed by atoms with Crippen molar-refractivity contribution in [1.82, 2.24) is 10.6 Å². The molecular formula is C26H40N2O2. The second kappa shape index (κ2) is 11.6. The van der Waals surface area contributed by atoms with Gasteiger partial charge in [0.1, 0.15) is 0 Å². The van der Waals surface area contributed by atoms with E-state index in [4.69, 9.17) is 0 Å². The van der Waals surface area contributed by atoms with E-state index >= 15 is 0 Å². The SMILES string of the molecule is Cc1ccc([C@@H](N[C@H](CO)C(C)C)[C@H](N[C@H](CO)C(C)C)c2ccc(C)cc2)cc1. The average Bonchev–Trinajstić information content (AvgIpc) is 2.71. The van der Waals surface area contributed by atoms with Crippen LogP contribution in [0.5, 0.6) is 0 Å². The molecule has 4 nitrogen and oxygen atoms in total. The molecule has 0 saturated heterocycles. The third-order valence-electron chi connectivity index (χ3n) is 6.00. The summed E-state index contributed by atoms with van der Waals surface area (Å²) in [6.07, 6.45) is 0. The summed E-state index contributed by atoms with van der Waals surface area (Å²) in [6, 6.07) is 17.0. The normalized spacial score (nSPS) is 15.9. The lowest BCUT2D eigenvalue weighted by molar-refractivity contribution is 0.165. The van der Waals surface area contributed by atoms with Gasteiger partial charge in [-0.1, -0.05) is 87.4 Å². The van der Waals surface area contributed by atoms with E-state index in [2.05, 4.69) is 101 Å². The standard InChI is InChI=1S/C26H40N2O2/c1-17(2)23(15-29)27-25(21-11-7-19(5)8-12-21)26(28-24(16-30)18(3)4)22-13-9-20(6)10-14-22/h7-14,17-18,23-30H,15-16H2,1-6H3/t23-,24-,25-,26-/m1/s1. The molecule has 2 aromatic rings. The summed E-state index contributed by atoms with van der Waals surface area (Å²) in [5.41, 5.74) is 4.77. The van der Waals surface area contributed by atoms with Crippen molar-refractivity contribution in [2.24, 2.45) is 11.8 Å². The number of hydrogen-bond acceptors (Lipinski definition) is 4. The summed E-state index contributed by atoms with van der Waals surface area (Å²) in [6.45, 7) is 12.8. The highest BCUT2D eigenvalue weighted by atomic mass is 16.3. The Bertz CT molecular complexity index is 675. The first-order valence-corrected chi connectivity index (χ1v) is 11.1. The zero-order valence-corrected chi connectivity index (χ0v) is 19.4. The molecule has 166 valence electrons. The molecule has 4 heteroatoms. The Morgan fingerprint density at radius 3 is 1.13 bits per heavy atom.